The van der Waals surface area contributed by atoms with Gasteiger partial charge in [-0.3, -0.25) is 14.4 Å². The lowest BCUT2D eigenvalue weighted by Crippen LogP contribution is -2.30. The second-order valence-corrected chi connectivity index (χ2v) is 16.7. The molecule has 0 spiro atoms. The van der Waals surface area contributed by atoms with E-state index in [0.717, 1.165) is 64.2 Å². The molecule has 0 fully saturated rings. The fraction of sp³-hybridized carbons (Fsp3) is 0.900. The third-order valence-electron chi connectivity index (χ3n) is 11.0. The highest BCUT2D eigenvalue weighted by molar-refractivity contribution is 5.71. The number of hydrogen-bond donors (Lipinski definition) is 0. The maximum Gasteiger partial charge on any atom is 0.306 e. The van der Waals surface area contributed by atoms with Gasteiger partial charge in [0.25, 0.3) is 0 Å². The molecule has 6 heteroatoms. The van der Waals surface area contributed by atoms with E-state index in [1.54, 1.807) is 0 Å². The zero-order chi connectivity index (χ0) is 40.8. The van der Waals surface area contributed by atoms with Gasteiger partial charge in [-0.05, 0) is 44.9 Å². The zero-order valence-electron chi connectivity index (χ0n) is 37.7. The Balaban J connectivity index is 4.31. The molecule has 6 nitrogen and oxygen atoms in total. The van der Waals surface area contributed by atoms with Gasteiger partial charge in [0.1, 0.15) is 13.2 Å². The summed E-state index contributed by atoms with van der Waals surface area (Å²) in [5.74, 6) is -0.866. The van der Waals surface area contributed by atoms with E-state index in [4.69, 9.17) is 14.2 Å². The summed E-state index contributed by atoms with van der Waals surface area (Å²) in [5, 5.41) is 0. The Hall–Kier alpha value is -1.85. The first kappa shape index (κ1) is 54.2. The van der Waals surface area contributed by atoms with Crippen LogP contribution in [-0.2, 0) is 28.6 Å². The van der Waals surface area contributed by atoms with Crippen molar-refractivity contribution in [1.82, 2.24) is 0 Å². The molecule has 0 aliphatic rings. The van der Waals surface area contributed by atoms with Crippen molar-refractivity contribution < 1.29 is 28.6 Å². The molecule has 0 heterocycles. The highest BCUT2D eigenvalue weighted by Gasteiger charge is 2.19. The number of esters is 3. The summed E-state index contributed by atoms with van der Waals surface area (Å²) in [5.41, 5.74) is 0. The van der Waals surface area contributed by atoms with E-state index in [2.05, 4.69) is 32.9 Å². The topological polar surface area (TPSA) is 78.9 Å². The van der Waals surface area contributed by atoms with Crippen LogP contribution in [0.2, 0.25) is 0 Å². The number of allylic oxidation sites excluding steroid dienone is 2. The van der Waals surface area contributed by atoms with Gasteiger partial charge in [0.05, 0.1) is 0 Å². The van der Waals surface area contributed by atoms with Crippen LogP contribution in [0.15, 0.2) is 12.2 Å². The standard InChI is InChI=1S/C50H94O6/c1-4-7-10-13-16-19-22-24-25-26-27-29-31-34-37-40-43-49(52)55-46-47(45-54-48(51)42-39-36-33-30-21-18-15-12-9-6-3)56-50(53)44-41-38-35-32-28-23-20-17-14-11-8-5-2/h25-26,47H,4-24,27-46H2,1-3H3/b26-25-/t47-/m1/s1. The van der Waals surface area contributed by atoms with Crippen molar-refractivity contribution >= 4 is 17.9 Å². The third-order valence-corrected chi connectivity index (χ3v) is 11.0. The average Bonchev–Trinajstić information content (AvgIpc) is 3.19. The molecule has 0 amide bonds. The monoisotopic (exact) mass is 791 g/mol. The van der Waals surface area contributed by atoms with E-state index < -0.39 is 6.10 Å². The Morgan fingerprint density at radius 1 is 0.339 bits per heavy atom. The van der Waals surface area contributed by atoms with Crippen molar-refractivity contribution in [2.75, 3.05) is 13.2 Å². The molecule has 0 saturated heterocycles. The molecule has 0 rings (SSSR count). The highest BCUT2D eigenvalue weighted by atomic mass is 16.6. The van der Waals surface area contributed by atoms with Crippen LogP contribution in [0, 0.1) is 0 Å². The van der Waals surface area contributed by atoms with Crippen molar-refractivity contribution in [3.05, 3.63) is 12.2 Å². The first-order valence-corrected chi connectivity index (χ1v) is 24.7. The molecule has 0 bridgehead atoms. The lowest BCUT2D eigenvalue weighted by molar-refractivity contribution is -0.167. The number of ether oxygens (including phenoxy) is 3. The Kier molecular flexibility index (Phi) is 44.3. The van der Waals surface area contributed by atoms with E-state index in [0.29, 0.717) is 19.3 Å². The van der Waals surface area contributed by atoms with Gasteiger partial charge in [0.2, 0.25) is 0 Å². The molecule has 0 aliphatic heterocycles. The minimum atomic E-state index is -0.765. The van der Waals surface area contributed by atoms with Crippen LogP contribution in [0.4, 0.5) is 0 Å². The van der Waals surface area contributed by atoms with Gasteiger partial charge in [-0.2, -0.15) is 0 Å². The molecule has 0 radical (unpaired) electrons. The summed E-state index contributed by atoms with van der Waals surface area (Å²) in [6.45, 7) is 6.63. The van der Waals surface area contributed by atoms with Crippen LogP contribution in [0.25, 0.3) is 0 Å². The Labute approximate surface area is 348 Å². The fourth-order valence-corrected chi connectivity index (χ4v) is 7.26. The molecule has 0 unspecified atom stereocenters. The average molecular weight is 791 g/mol. The number of carbonyl (C=O) groups excluding carboxylic acids is 3. The number of unbranched alkanes of at least 4 members (excludes halogenated alkanes) is 32. The molecule has 56 heavy (non-hydrogen) atoms. The minimum Gasteiger partial charge on any atom is -0.462 e. The maximum absolute atomic E-state index is 12.7. The molecular weight excluding hydrogens is 697 g/mol. The van der Waals surface area contributed by atoms with Crippen molar-refractivity contribution in [2.45, 2.75) is 277 Å². The molecule has 0 aromatic rings. The first-order chi connectivity index (χ1) is 27.5. The molecule has 0 saturated carbocycles. The van der Waals surface area contributed by atoms with Gasteiger partial charge >= 0.3 is 17.9 Å². The molecular formula is C50H94O6. The SMILES string of the molecule is CCCCCCCCC/C=C\CCCCCCCC(=O)OC[C@@H](COC(=O)CCCCCCCCCCCC)OC(=O)CCCCCCCCCCCCCC. The summed E-state index contributed by atoms with van der Waals surface area (Å²) < 4.78 is 16.7. The third kappa shape index (κ3) is 43.3. The maximum atomic E-state index is 12.7. The van der Waals surface area contributed by atoms with E-state index in [1.165, 1.54) is 167 Å². The van der Waals surface area contributed by atoms with Crippen LogP contribution in [0.3, 0.4) is 0 Å². The van der Waals surface area contributed by atoms with Crippen molar-refractivity contribution in [3.8, 4) is 0 Å². The van der Waals surface area contributed by atoms with Crippen LogP contribution in [-0.4, -0.2) is 37.2 Å². The number of rotatable bonds is 45. The second-order valence-electron chi connectivity index (χ2n) is 16.7. The Morgan fingerprint density at radius 3 is 0.893 bits per heavy atom. The molecule has 1 atom stereocenters. The minimum absolute atomic E-state index is 0.0679. The predicted molar refractivity (Wildman–Crippen MR) is 238 cm³/mol. The summed E-state index contributed by atoms with van der Waals surface area (Å²) >= 11 is 0. The van der Waals surface area contributed by atoms with Gasteiger partial charge in [0, 0.05) is 19.3 Å². The predicted octanol–water partition coefficient (Wildman–Crippen LogP) is 15.8. The van der Waals surface area contributed by atoms with E-state index >= 15 is 0 Å². The Morgan fingerprint density at radius 2 is 0.589 bits per heavy atom. The quantitative estimate of drug-likeness (QED) is 0.0264. The smallest absolute Gasteiger partial charge is 0.306 e. The normalized spacial score (nSPS) is 12.0. The van der Waals surface area contributed by atoms with Crippen LogP contribution in [0.5, 0.6) is 0 Å². The summed E-state index contributed by atoms with van der Waals surface area (Å²) in [4.78, 5) is 37.8. The second kappa shape index (κ2) is 45.8. The van der Waals surface area contributed by atoms with Crippen LogP contribution < -0.4 is 0 Å². The fourth-order valence-electron chi connectivity index (χ4n) is 7.26. The number of hydrogen-bond acceptors (Lipinski definition) is 6. The number of carbonyl (C=O) groups is 3. The highest BCUT2D eigenvalue weighted by Crippen LogP contribution is 2.15. The largest absolute Gasteiger partial charge is 0.462 e. The van der Waals surface area contributed by atoms with E-state index in [1.807, 2.05) is 0 Å². The summed E-state index contributed by atoms with van der Waals surface area (Å²) in [7, 11) is 0. The summed E-state index contributed by atoms with van der Waals surface area (Å²) in [6.07, 6.45) is 49.0. The van der Waals surface area contributed by atoms with Crippen molar-refractivity contribution in [2.24, 2.45) is 0 Å². The molecule has 0 N–H and O–H groups in total. The Bertz CT molecular complexity index is 870. The summed E-state index contributed by atoms with van der Waals surface area (Å²) in [6, 6.07) is 0. The van der Waals surface area contributed by atoms with Crippen LogP contribution >= 0.6 is 0 Å². The van der Waals surface area contributed by atoms with Gasteiger partial charge in [0.15, 0.2) is 6.10 Å². The zero-order valence-corrected chi connectivity index (χ0v) is 37.7. The van der Waals surface area contributed by atoms with Gasteiger partial charge in [-0.1, -0.05) is 219 Å². The lowest BCUT2D eigenvalue weighted by Gasteiger charge is -2.18. The van der Waals surface area contributed by atoms with Crippen LogP contribution in [0.1, 0.15) is 271 Å². The van der Waals surface area contributed by atoms with Crippen molar-refractivity contribution in [3.63, 3.8) is 0 Å². The molecule has 0 aromatic heterocycles. The van der Waals surface area contributed by atoms with E-state index in [9.17, 15) is 14.4 Å². The lowest BCUT2D eigenvalue weighted by atomic mass is 10.0. The molecule has 0 aliphatic carbocycles. The van der Waals surface area contributed by atoms with Gasteiger partial charge in [-0.15, -0.1) is 0 Å². The van der Waals surface area contributed by atoms with Crippen molar-refractivity contribution in [1.29, 1.82) is 0 Å². The van der Waals surface area contributed by atoms with E-state index in [-0.39, 0.29) is 31.1 Å². The van der Waals surface area contributed by atoms with Gasteiger partial charge < -0.3 is 14.2 Å². The molecule has 0 aromatic carbocycles. The first-order valence-electron chi connectivity index (χ1n) is 24.7. The van der Waals surface area contributed by atoms with Gasteiger partial charge in [-0.25, -0.2) is 0 Å². The molecule has 330 valence electrons.